The highest BCUT2D eigenvalue weighted by atomic mass is 79.9. The Morgan fingerprint density at radius 3 is 2.36 bits per heavy atom. The molecular weight excluding hydrogens is 508 g/mol. The fraction of sp³-hybridized carbons (Fsp3) is 0.304. The highest BCUT2D eigenvalue weighted by Gasteiger charge is 2.29. The van der Waals surface area contributed by atoms with Crippen LogP contribution in [0.1, 0.15) is 53.3 Å². The fourth-order valence-corrected chi connectivity index (χ4v) is 3.41. The van der Waals surface area contributed by atoms with E-state index >= 15 is 0 Å². The molecule has 3 amide bonds. The summed E-state index contributed by atoms with van der Waals surface area (Å²) in [5.74, 6) is -0.111. The summed E-state index contributed by atoms with van der Waals surface area (Å²) >= 11 is 8.49. The molecule has 0 spiro atoms. The van der Waals surface area contributed by atoms with E-state index in [0.29, 0.717) is 33.6 Å². The van der Waals surface area contributed by atoms with Gasteiger partial charge in [0.25, 0.3) is 11.8 Å². The van der Waals surface area contributed by atoms with E-state index in [0.717, 1.165) is 25.7 Å². The van der Waals surface area contributed by atoms with Crippen LogP contribution in [-0.4, -0.2) is 29.4 Å². The van der Waals surface area contributed by atoms with E-state index in [4.69, 9.17) is 17.0 Å². The second-order valence-electron chi connectivity index (χ2n) is 7.55. The van der Waals surface area contributed by atoms with Gasteiger partial charge >= 0.3 is 0 Å². The zero-order valence-electron chi connectivity index (χ0n) is 18.1. The zero-order chi connectivity index (χ0) is 23.8. The molecule has 4 N–H and O–H groups in total. The molecule has 1 fully saturated rings. The van der Waals surface area contributed by atoms with Crippen molar-refractivity contribution in [2.45, 2.75) is 32.6 Å². The Labute approximate surface area is 205 Å². The molecule has 3 rings (SSSR count). The fourth-order valence-electron chi connectivity index (χ4n) is 2.77. The van der Waals surface area contributed by atoms with Crippen LogP contribution in [0.2, 0.25) is 0 Å². The summed E-state index contributed by atoms with van der Waals surface area (Å²) in [6.45, 7) is 2.69. The van der Waals surface area contributed by atoms with Gasteiger partial charge in [-0.3, -0.25) is 30.6 Å². The van der Waals surface area contributed by atoms with Crippen LogP contribution in [0, 0.1) is 5.92 Å². The number of anilines is 1. The van der Waals surface area contributed by atoms with Crippen LogP contribution in [0.15, 0.2) is 46.9 Å². The minimum Gasteiger partial charge on any atom is -0.492 e. The van der Waals surface area contributed by atoms with Gasteiger partial charge in [0, 0.05) is 22.7 Å². The molecule has 33 heavy (non-hydrogen) atoms. The number of rotatable bonds is 8. The van der Waals surface area contributed by atoms with E-state index in [-0.39, 0.29) is 16.9 Å². The average molecular weight is 533 g/mol. The van der Waals surface area contributed by atoms with Gasteiger partial charge in [0.15, 0.2) is 5.11 Å². The minimum atomic E-state index is -0.442. The molecule has 1 aliphatic rings. The van der Waals surface area contributed by atoms with Crippen molar-refractivity contribution in [2.24, 2.45) is 5.92 Å². The lowest BCUT2D eigenvalue weighted by Crippen LogP contribution is -2.48. The number of unbranched alkanes of at least 4 members (excludes halogenated alkanes) is 1. The van der Waals surface area contributed by atoms with E-state index < -0.39 is 11.8 Å². The second-order valence-corrected chi connectivity index (χ2v) is 8.81. The highest BCUT2D eigenvalue weighted by molar-refractivity contribution is 9.10. The maximum atomic E-state index is 12.4. The van der Waals surface area contributed by atoms with Gasteiger partial charge < -0.3 is 10.1 Å². The summed E-state index contributed by atoms with van der Waals surface area (Å²) in [6.07, 6.45) is 3.82. The van der Waals surface area contributed by atoms with Gasteiger partial charge in [0.1, 0.15) is 5.75 Å². The third-order valence-corrected chi connectivity index (χ3v) is 5.65. The first kappa shape index (κ1) is 24.7. The molecule has 1 saturated carbocycles. The third-order valence-electron chi connectivity index (χ3n) is 4.83. The molecule has 0 unspecified atom stereocenters. The number of carbonyl (C=O) groups is 3. The highest BCUT2D eigenvalue weighted by Crippen LogP contribution is 2.30. The van der Waals surface area contributed by atoms with Crippen molar-refractivity contribution in [1.29, 1.82) is 0 Å². The average Bonchev–Trinajstić information content (AvgIpc) is 3.65. The van der Waals surface area contributed by atoms with E-state index in [1.807, 2.05) is 0 Å². The maximum Gasteiger partial charge on any atom is 0.269 e. The number of hydrogen-bond donors (Lipinski definition) is 4. The van der Waals surface area contributed by atoms with Crippen molar-refractivity contribution in [3.8, 4) is 5.75 Å². The van der Waals surface area contributed by atoms with Gasteiger partial charge in [-0.1, -0.05) is 13.3 Å². The molecule has 0 saturated heterocycles. The lowest BCUT2D eigenvalue weighted by molar-refractivity contribution is -0.117. The summed E-state index contributed by atoms with van der Waals surface area (Å²) < 4.78 is 6.32. The van der Waals surface area contributed by atoms with Crippen molar-refractivity contribution in [1.82, 2.24) is 16.2 Å². The lowest BCUT2D eigenvalue weighted by Gasteiger charge is -2.12. The van der Waals surface area contributed by atoms with Gasteiger partial charge in [-0.2, -0.15) is 0 Å². The van der Waals surface area contributed by atoms with Gasteiger partial charge in [0.2, 0.25) is 5.91 Å². The van der Waals surface area contributed by atoms with Crippen molar-refractivity contribution in [2.75, 3.05) is 11.9 Å². The van der Waals surface area contributed by atoms with E-state index in [9.17, 15) is 14.4 Å². The number of halogens is 1. The van der Waals surface area contributed by atoms with Crippen LogP contribution < -0.4 is 26.2 Å². The summed E-state index contributed by atoms with van der Waals surface area (Å²) in [5.41, 5.74) is 6.31. The van der Waals surface area contributed by atoms with Gasteiger partial charge in [-0.05, 0) is 89.9 Å². The molecule has 10 heteroatoms. The largest absolute Gasteiger partial charge is 0.492 e. The number of ether oxygens (including phenoxy) is 1. The van der Waals surface area contributed by atoms with Crippen molar-refractivity contribution >= 4 is 56.7 Å². The maximum absolute atomic E-state index is 12.4. The molecule has 0 atom stereocenters. The Hall–Kier alpha value is -2.98. The molecule has 2 aromatic carbocycles. The molecule has 8 nitrogen and oxygen atoms in total. The number of nitrogens with one attached hydrogen (secondary N) is 4. The molecule has 0 heterocycles. The molecule has 0 radical (unpaired) electrons. The zero-order valence-corrected chi connectivity index (χ0v) is 20.5. The smallest absolute Gasteiger partial charge is 0.269 e. The number of thiocarbonyl (C=S) groups is 1. The van der Waals surface area contributed by atoms with Gasteiger partial charge in [-0.25, -0.2) is 0 Å². The van der Waals surface area contributed by atoms with Crippen LogP contribution in [0.5, 0.6) is 5.75 Å². The second kappa shape index (κ2) is 11.8. The molecule has 0 aliphatic heterocycles. The quantitative estimate of drug-likeness (QED) is 0.233. The van der Waals surface area contributed by atoms with Crippen molar-refractivity contribution in [3.63, 3.8) is 0 Å². The molecular formula is C23H25BrN4O4S. The number of amides is 3. The Bertz CT molecular complexity index is 1040. The first-order valence-electron chi connectivity index (χ1n) is 10.6. The molecule has 0 aromatic heterocycles. The molecule has 0 bridgehead atoms. The predicted molar refractivity (Wildman–Crippen MR) is 133 cm³/mol. The number of hydrazine groups is 1. The number of hydrogen-bond acceptors (Lipinski definition) is 5. The van der Waals surface area contributed by atoms with E-state index in [2.05, 4.69) is 44.3 Å². The van der Waals surface area contributed by atoms with E-state index in [1.54, 1.807) is 42.5 Å². The predicted octanol–water partition coefficient (Wildman–Crippen LogP) is 3.93. The topological polar surface area (TPSA) is 109 Å². The molecule has 1 aliphatic carbocycles. The first-order chi connectivity index (χ1) is 15.9. The number of carbonyl (C=O) groups excluding carboxylic acids is 3. The molecule has 174 valence electrons. The SMILES string of the molecule is CCCCOc1ccc(C(=O)NC(=S)NNC(=O)c2ccc(NC(=O)C3CC3)cc2)cc1Br. The first-order valence-corrected chi connectivity index (χ1v) is 11.8. The Morgan fingerprint density at radius 1 is 1.03 bits per heavy atom. The Balaban J connectivity index is 1.45. The third kappa shape index (κ3) is 7.54. The van der Waals surface area contributed by atoms with Gasteiger partial charge in [-0.15, -0.1) is 0 Å². The van der Waals surface area contributed by atoms with Crippen molar-refractivity contribution in [3.05, 3.63) is 58.1 Å². The van der Waals surface area contributed by atoms with Crippen LogP contribution in [0.3, 0.4) is 0 Å². The number of benzene rings is 2. The van der Waals surface area contributed by atoms with Crippen molar-refractivity contribution < 1.29 is 19.1 Å². The van der Waals surface area contributed by atoms with Crippen LogP contribution in [0.25, 0.3) is 0 Å². The minimum absolute atomic E-state index is 0.000599. The molecule has 2 aromatic rings. The summed E-state index contributed by atoms with van der Waals surface area (Å²) in [4.78, 5) is 36.5. The Kier molecular flexibility index (Phi) is 8.79. The summed E-state index contributed by atoms with van der Waals surface area (Å²) in [6, 6.07) is 11.5. The van der Waals surface area contributed by atoms with E-state index in [1.165, 1.54) is 0 Å². The lowest BCUT2D eigenvalue weighted by atomic mass is 10.2. The van der Waals surface area contributed by atoms with Crippen LogP contribution >= 0.6 is 28.1 Å². The summed E-state index contributed by atoms with van der Waals surface area (Å²) in [5, 5.41) is 5.26. The van der Waals surface area contributed by atoms with Crippen LogP contribution in [-0.2, 0) is 4.79 Å². The standard InChI is InChI=1S/C23H25BrN4O4S/c1-2-3-12-32-19-11-8-16(13-18(19)24)21(30)26-23(33)28-27-22(31)15-6-9-17(10-7-15)25-20(29)14-4-5-14/h6-11,13-14H,2-5,12H2,1H3,(H,25,29)(H,27,31)(H2,26,28,30,33). The van der Waals surface area contributed by atoms with Gasteiger partial charge in [0.05, 0.1) is 11.1 Å². The van der Waals surface area contributed by atoms with Crippen LogP contribution in [0.4, 0.5) is 5.69 Å². The summed E-state index contributed by atoms with van der Waals surface area (Å²) in [7, 11) is 0. The monoisotopic (exact) mass is 532 g/mol. The normalized spacial score (nSPS) is 12.4. The Morgan fingerprint density at radius 2 is 1.73 bits per heavy atom.